The van der Waals surface area contributed by atoms with Crippen LogP contribution in [0.1, 0.15) is 28.2 Å². The summed E-state index contributed by atoms with van der Waals surface area (Å²) in [5.41, 5.74) is -0.285. The topological polar surface area (TPSA) is 78.4 Å². The second-order valence-electron chi connectivity index (χ2n) is 6.45. The van der Waals surface area contributed by atoms with Gasteiger partial charge in [0.2, 0.25) is 0 Å². The van der Waals surface area contributed by atoms with Gasteiger partial charge in [-0.1, -0.05) is 6.07 Å². The number of amides is 1. The van der Waals surface area contributed by atoms with E-state index in [0.717, 1.165) is 12.1 Å². The molecule has 1 saturated heterocycles. The monoisotopic (exact) mass is 380 g/mol. The first kappa shape index (κ1) is 19.1. The van der Waals surface area contributed by atoms with E-state index in [2.05, 4.69) is 15.3 Å². The molecule has 2 aromatic rings. The molecule has 3 heterocycles. The van der Waals surface area contributed by atoms with Gasteiger partial charge in [0.1, 0.15) is 11.5 Å². The van der Waals surface area contributed by atoms with Crippen LogP contribution in [0.5, 0.6) is 0 Å². The third kappa shape index (κ3) is 4.54. The van der Waals surface area contributed by atoms with Crippen molar-refractivity contribution in [1.82, 2.24) is 15.3 Å². The Kier molecular flexibility index (Phi) is 5.31. The zero-order chi connectivity index (χ0) is 19.6. The second-order valence-corrected chi connectivity index (χ2v) is 6.45. The number of anilines is 1. The average Bonchev–Trinajstić information content (AvgIpc) is 2.63. The number of aryl methyl sites for hydroxylation is 1. The smallest absolute Gasteiger partial charge is 0.389 e. The molecule has 1 aliphatic rings. The molecule has 1 aliphatic heterocycles. The van der Waals surface area contributed by atoms with E-state index < -0.39 is 29.8 Å². The summed E-state index contributed by atoms with van der Waals surface area (Å²) in [5.74, 6) is -0.239. The van der Waals surface area contributed by atoms with Gasteiger partial charge in [-0.25, -0.2) is 4.98 Å². The van der Waals surface area contributed by atoms with Crippen LogP contribution in [-0.4, -0.2) is 46.2 Å². The van der Waals surface area contributed by atoms with Gasteiger partial charge in [0.15, 0.2) is 0 Å². The number of carbonyl (C=O) groups is 1. The van der Waals surface area contributed by atoms with Crippen LogP contribution in [0.15, 0.2) is 36.5 Å². The first-order valence-electron chi connectivity index (χ1n) is 8.45. The molecule has 0 saturated carbocycles. The molecule has 0 bridgehead atoms. The van der Waals surface area contributed by atoms with Gasteiger partial charge in [-0.3, -0.25) is 9.78 Å². The van der Waals surface area contributed by atoms with Gasteiger partial charge in [0, 0.05) is 25.0 Å². The Morgan fingerprint density at radius 2 is 2.11 bits per heavy atom. The summed E-state index contributed by atoms with van der Waals surface area (Å²) < 4.78 is 39.0. The SMILES string of the molecule is Cc1cc(C(F)(F)F)cc(N2CC[C@@H](NC(=O)c3ccccn3)[C@H](O)C2)n1. The highest BCUT2D eigenvalue weighted by Crippen LogP contribution is 2.32. The Bertz CT molecular complexity index is 814. The Labute approximate surface area is 154 Å². The summed E-state index contributed by atoms with van der Waals surface area (Å²) in [4.78, 5) is 21.9. The third-order valence-electron chi connectivity index (χ3n) is 4.39. The number of piperidine rings is 1. The first-order valence-corrected chi connectivity index (χ1v) is 8.45. The maximum atomic E-state index is 13.0. The van der Waals surface area contributed by atoms with Crippen LogP contribution in [0.4, 0.5) is 19.0 Å². The molecular weight excluding hydrogens is 361 g/mol. The Hall–Kier alpha value is -2.68. The lowest BCUT2D eigenvalue weighted by Gasteiger charge is -2.37. The molecule has 27 heavy (non-hydrogen) atoms. The molecule has 9 heteroatoms. The van der Waals surface area contributed by atoms with Crippen molar-refractivity contribution in [2.45, 2.75) is 31.7 Å². The lowest BCUT2D eigenvalue weighted by Crippen LogP contribution is -2.54. The molecule has 6 nitrogen and oxygen atoms in total. The summed E-state index contributed by atoms with van der Waals surface area (Å²) in [7, 11) is 0. The molecule has 3 rings (SSSR count). The standard InChI is InChI=1S/C18H19F3N4O2/c1-11-8-12(18(19,20)21)9-16(23-11)25-7-5-13(15(26)10-25)24-17(27)14-4-2-3-6-22-14/h2-4,6,8-9,13,15,26H,5,7,10H2,1H3,(H,24,27)/t13-,15-/m1/s1. The molecule has 2 N–H and O–H groups in total. The van der Waals surface area contributed by atoms with Crippen LogP contribution in [0.25, 0.3) is 0 Å². The number of aliphatic hydroxyl groups is 1. The number of pyridine rings is 2. The second kappa shape index (κ2) is 7.51. The van der Waals surface area contributed by atoms with Crippen molar-refractivity contribution in [1.29, 1.82) is 0 Å². The number of nitrogens with one attached hydrogen (secondary N) is 1. The maximum Gasteiger partial charge on any atom is 0.416 e. The zero-order valence-electron chi connectivity index (χ0n) is 14.6. The van der Waals surface area contributed by atoms with Crippen molar-refractivity contribution >= 4 is 11.7 Å². The quantitative estimate of drug-likeness (QED) is 0.853. The van der Waals surface area contributed by atoms with Gasteiger partial charge in [0.25, 0.3) is 5.91 Å². The Balaban J connectivity index is 1.68. The summed E-state index contributed by atoms with van der Waals surface area (Å²) >= 11 is 0. The lowest BCUT2D eigenvalue weighted by atomic mass is 10.0. The highest BCUT2D eigenvalue weighted by atomic mass is 19.4. The number of aliphatic hydroxyl groups excluding tert-OH is 1. The summed E-state index contributed by atoms with van der Waals surface area (Å²) in [6.07, 6.45) is -3.54. The first-order chi connectivity index (χ1) is 12.7. The molecule has 1 amide bonds. The summed E-state index contributed by atoms with van der Waals surface area (Å²) in [6.45, 7) is 1.92. The van der Waals surface area contributed by atoms with Crippen LogP contribution < -0.4 is 10.2 Å². The van der Waals surface area contributed by atoms with E-state index in [-0.39, 0.29) is 23.8 Å². The fraction of sp³-hybridized carbons (Fsp3) is 0.389. The van der Waals surface area contributed by atoms with Crippen LogP contribution in [-0.2, 0) is 6.18 Å². The van der Waals surface area contributed by atoms with Crippen molar-refractivity contribution < 1.29 is 23.1 Å². The zero-order valence-corrected chi connectivity index (χ0v) is 14.6. The van der Waals surface area contributed by atoms with E-state index >= 15 is 0 Å². The van der Waals surface area contributed by atoms with E-state index in [4.69, 9.17) is 0 Å². The van der Waals surface area contributed by atoms with Gasteiger partial charge < -0.3 is 15.3 Å². The van der Waals surface area contributed by atoms with E-state index in [0.29, 0.717) is 13.0 Å². The van der Waals surface area contributed by atoms with Crippen LogP contribution >= 0.6 is 0 Å². The van der Waals surface area contributed by atoms with Crippen molar-refractivity contribution in [2.75, 3.05) is 18.0 Å². The van der Waals surface area contributed by atoms with E-state index in [9.17, 15) is 23.1 Å². The minimum Gasteiger partial charge on any atom is -0.389 e. The molecule has 0 unspecified atom stereocenters. The number of β-amino-alcohol motifs (C(OH)–C–C–N with tert-alkyl or cyclic N) is 1. The normalized spacial score (nSPS) is 20.4. The fourth-order valence-electron chi connectivity index (χ4n) is 3.02. The fourth-order valence-corrected chi connectivity index (χ4v) is 3.02. The number of nitrogens with zero attached hydrogens (tertiary/aromatic N) is 3. The number of hydrogen-bond acceptors (Lipinski definition) is 5. The lowest BCUT2D eigenvalue weighted by molar-refractivity contribution is -0.137. The third-order valence-corrected chi connectivity index (χ3v) is 4.39. The maximum absolute atomic E-state index is 13.0. The van der Waals surface area contributed by atoms with Crippen molar-refractivity contribution in [3.05, 3.63) is 53.5 Å². The van der Waals surface area contributed by atoms with Gasteiger partial charge >= 0.3 is 6.18 Å². The van der Waals surface area contributed by atoms with Gasteiger partial charge in [-0.15, -0.1) is 0 Å². The molecular formula is C18H19F3N4O2. The molecule has 0 spiro atoms. The van der Waals surface area contributed by atoms with Crippen LogP contribution in [0, 0.1) is 6.92 Å². The van der Waals surface area contributed by atoms with E-state index in [1.807, 2.05) is 0 Å². The van der Waals surface area contributed by atoms with Gasteiger partial charge in [-0.05, 0) is 37.6 Å². The molecule has 2 aromatic heterocycles. The predicted octanol–water partition coefficient (Wildman–Crippen LogP) is 2.17. The van der Waals surface area contributed by atoms with Crippen molar-refractivity contribution in [2.24, 2.45) is 0 Å². The highest BCUT2D eigenvalue weighted by molar-refractivity contribution is 5.92. The molecule has 0 aliphatic carbocycles. The van der Waals surface area contributed by atoms with Crippen LogP contribution in [0.2, 0.25) is 0 Å². The van der Waals surface area contributed by atoms with Crippen LogP contribution in [0.3, 0.4) is 0 Å². The minimum absolute atomic E-state index is 0.0704. The largest absolute Gasteiger partial charge is 0.416 e. The molecule has 1 fully saturated rings. The average molecular weight is 380 g/mol. The Morgan fingerprint density at radius 3 is 2.74 bits per heavy atom. The number of rotatable bonds is 3. The predicted molar refractivity (Wildman–Crippen MR) is 92.3 cm³/mol. The number of aromatic nitrogens is 2. The highest BCUT2D eigenvalue weighted by Gasteiger charge is 2.34. The van der Waals surface area contributed by atoms with Gasteiger partial charge in [-0.2, -0.15) is 13.2 Å². The number of halogens is 3. The summed E-state index contributed by atoms with van der Waals surface area (Å²) in [5, 5.41) is 13.1. The van der Waals surface area contributed by atoms with E-state index in [1.165, 1.54) is 13.1 Å². The molecule has 0 aromatic carbocycles. The number of hydrogen-bond donors (Lipinski definition) is 2. The Morgan fingerprint density at radius 1 is 1.33 bits per heavy atom. The number of carbonyl (C=O) groups excluding carboxylic acids is 1. The van der Waals surface area contributed by atoms with Crippen molar-refractivity contribution in [3.8, 4) is 0 Å². The number of alkyl halides is 3. The van der Waals surface area contributed by atoms with Gasteiger partial charge in [0.05, 0.1) is 17.7 Å². The molecule has 144 valence electrons. The van der Waals surface area contributed by atoms with E-state index in [1.54, 1.807) is 23.1 Å². The molecule has 2 atom stereocenters. The minimum atomic E-state index is -4.46. The molecule has 0 radical (unpaired) electrons. The summed E-state index contributed by atoms with van der Waals surface area (Å²) in [6, 6.07) is 6.39. The van der Waals surface area contributed by atoms with Crippen molar-refractivity contribution in [3.63, 3.8) is 0 Å².